The zero-order valence-electron chi connectivity index (χ0n) is 10.5. The topological polar surface area (TPSA) is 41.1 Å². The number of fused-ring (bicyclic) bond motifs is 1. The largest absolute Gasteiger partial charge is 0.382 e. The van der Waals surface area contributed by atoms with Crippen LogP contribution in [0.3, 0.4) is 0 Å². The first-order chi connectivity index (χ1) is 8.72. The van der Waals surface area contributed by atoms with E-state index >= 15 is 0 Å². The summed E-state index contributed by atoms with van der Waals surface area (Å²) in [5, 5.41) is 6.34. The lowest BCUT2D eigenvalue weighted by atomic mass is 9.71. The molecule has 3 nitrogen and oxygen atoms in total. The second-order valence-corrected chi connectivity index (χ2v) is 5.25. The van der Waals surface area contributed by atoms with E-state index in [9.17, 15) is 4.79 Å². The number of rotatable bonds is 3. The van der Waals surface area contributed by atoms with Crippen molar-refractivity contribution in [3.63, 3.8) is 0 Å². The van der Waals surface area contributed by atoms with Crippen molar-refractivity contribution in [3.8, 4) is 0 Å². The first-order valence-electron chi connectivity index (χ1n) is 6.53. The fourth-order valence-electron chi connectivity index (χ4n) is 2.95. The number of amides is 1. The molecule has 3 rings (SSSR count). The van der Waals surface area contributed by atoms with E-state index in [0.717, 1.165) is 23.2 Å². The van der Waals surface area contributed by atoms with Crippen molar-refractivity contribution in [1.82, 2.24) is 0 Å². The normalized spacial score (nSPS) is 28.4. The van der Waals surface area contributed by atoms with Gasteiger partial charge in [0.25, 0.3) is 0 Å². The second kappa shape index (κ2) is 4.48. The molecule has 0 heterocycles. The Labute approximate surface area is 107 Å². The molecule has 0 spiro atoms. The SMILES string of the molecule is CC(=O)Nc1ccc(NC2CC3CC=CC32)cc1. The maximum Gasteiger partial charge on any atom is 0.221 e. The van der Waals surface area contributed by atoms with Crippen LogP contribution in [0.2, 0.25) is 0 Å². The van der Waals surface area contributed by atoms with Gasteiger partial charge < -0.3 is 10.6 Å². The van der Waals surface area contributed by atoms with Crippen LogP contribution >= 0.6 is 0 Å². The van der Waals surface area contributed by atoms with Gasteiger partial charge in [0.05, 0.1) is 0 Å². The lowest BCUT2D eigenvalue weighted by molar-refractivity contribution is -0.114. The Balaban J connectivity index is 1.60. The predicted octanol–water partition coefficient (Wildman–Crippen LogP) is 3.02. The quantitative estimate of drug-likeness (QED) is 0.800. The molecule has 0 aromatic heterocycles. The zero-order chi connectivity index (χ0) is 12.5. The molecule has 0 saturated heterocycles. The third-order valence-corrected chi connectivity index (χ3v) is 3.92. The van der Waals surface area contributed by atoms with Crippen molar-refractivity contribution in [2.45, 2.75) is 25.8 Å². The van der Waals surface area contributed by atoms with Crippen molar-refractivity contribution < 1.29 is 4.79 Å². The summed E-state index contributed by atoms with van der Waals surface area (Å²) >= 11 is 0. The van der Waals surface area contributed by atoms with E-state index in [2.05, 4.69) is 22.8 Å². The second-order valence-electron chi connectivity index (χ2n) is 5.25. The fourth-order valence-corrected chi connectivity index (χ4v) is 2.95. The third-order valence-electron chi connectivity index (χ3n) is 3.92. The maximum atomic E-state index is 10.9. The van der Waals surface area contributed by atoms with E-state index in [0.29, 0.717) is 6.04 Å². The molecule has 1 fully saturated rings. The Hall–Kier alpha value is -1.77. The van der Waals surface area contributed by atoms with Gasteiger partial charge in [-0.25, -0.2) is 0 Å². The minimum Gasteiger partial charge on any atom is -0.382 e. The highest BCUT2D eigenvalue weighted by atomic mass is 16.1. The standard InChI is InChI=1S/C15H18N2O/c1-10(18)16-12-5-7-13(8-6-12)17-15-9-11-3-2-4-14(11)15/h2,4-8,11,14-15,17H,3,9H2,1H3,(H,16,18). The average molecular weight is 242 g/mol. The number of carbonyl (C=O) groups excluding carboxylic acids is 1. The first kappa shape index (κ1) is 11.3. The fraction of sp³-hybridized carbons (Fsp3) is 0.400. The smallest absolute Gasteiger partial charge is 0.221 e. The van der Waals surface area contributed by atoms with Gasteiger partial charge in [-0.1, -0.05) is 12.2 Å². The summed E-state index contributed by atoms with van der Waals surface area (Å²) in [7, 11) is 0. The molecule has 0 bridgehead atoms. The molecule has 1 aromatic rings. The van der Waals surface area contributed by atoms with Gasteiger partial charge >= 0.3 is 0 Å². The van der Waals surface area contributed by atoms with Crippen LogP contribution in [0.1, 0.15) is 19.8 Å². The molecule has 1 amide bonds. The van der Waals surface area contributed by atoms with Gasteiger partial charge in [0.2, 0.25) is 5.91 Å². The minimum absolute atomic E-state index is 0.0337. The molecule has 2 aliphatic carbocycles. The highest BCUT2D eigenvalue weighted by Gasteiger charge is 2.40. The van der Waals surface area contributed by atoms with Gasteiger partial charge in [0.1, 0.15) is 0 Å². The number of hydrogen-bond donors (Lipinski definition) is 2. The number of anilines is 2. The van der Waals surface area contributed by atoms with Gasteiger partial charge in [-0.15, -0.1) is 0 Å². The highest BCUT2D eigenvalue weighted by molar-refractivity contribution is 5.88. The molecule has 18 heavy (non-hydrogen) atoms. The van der Waals surface area contributed by atoms with Crippen molar-refractivity contribution >= 4 is 17.3 Å². The monoisotopic (exact) mass is 242 g/mol. The average Bonchev–Trinajstić information content (AvgIpc) is 2.69. The molecular formula is C15H18N2O. The van der Waals surface area contributed by atoms with Crippen LogP contribution in [0.4, 0.5) is 11.4 Å². The summed E-state index contributed by atoms with van der Waals surface area (Å²) in [6.07, 6.45) is 7.17. The van der Waals surface area contributed by atoms with Crippen molar-refractivity contribution in [1.29, 1.82) is 0 Å². The molecule has 94 valence electrons. The van der Waals surface area contributed by atoms with Gasteiger partial charge in [0, 0.05) is 30.3 Å². The van der Waals surface area contributed by atoms with Crippen LogP contribution in [-0.2, 0) is 4.79 Å². The van der Waals surface area contributed by atoms with E-state index in [1.807, 2.05) is 24.3 Å². The van der Waals surface area contributed by atoms with Gasteiger partial charge in [0.15, 0.2) is 0 Å². The first-order valence-corrected chi connectivity index (χ1v) is 6.53. The van der Waals surface area contributed by atoms with Crippen LogP contribution in [0, 0.1) is 11.8 Å². The summed E-state index contributed by atoms with van der Waals surface area (Å²) in [6.45, 7) is 1.52. The summed E-state index contributed by atoms with van der Waals surface area (Å²) in [4.78, 5) is 10.9. The zero-order valence-corrected chi connectivity index (χ0v) is 10.5. The van der Waals surface area contributed by atoms with Gasteiger partial charge in [-0.05, 0) is 43.0 Å². The molecule has 0 aliphatic heterocycles. The Morgan fingerprint density at radius 3 is 2.61 bits per heavy atom. The number of nitrogens with one attached hydrogen (secondary N) is 2. The van der Waals surface area contributed by atoms with E-state index in [1.54, 1.807) is 0 Å². The Bertz CT molecular complexity index is 478. The summed E-state index contributed by atoms with van der Waals surface area (Å²) in [6, 6.07) is 8.50. The molecule has 2 N–H and O–H groups in total. The van der Waals surface area contributed by atoms with Crippen molar-refractivity contribution in [3.05, 3.63) is 36.4 Å². The molecule has 1 saturated carbocycles. The molecule has 3 atom stereocenters. The number of hydrogen-bond acceptors (Lipinski definition) is 2. The molecule has 3 unspecified atom stereocenters. The minimum atomic E-state index is -0.0337. The van der Waals surface area contributed by atoms with E-state index in [-0.39, 0.29) is 5.91 Å². The number of allylic oxidation sites excluding steroid dienone is 1. The van der Waals surface area contributed by atoms with E-state index < -0.39 is 0 Å². The van der Waals surface area contributed by atoms with Crippen molar-refractivity contribution in [2.75, 3.05) is 10.6 Å². The Morgan fingerprint density at radius 2 is 1.94 bits per heavy atom. The Kier molecular flexibility index (Phi) is 2.82. The van der Waals surface area contributed by atoms with E-state index in [4.69, 9.17) is 0 Å². The predicted molar refractivity (Wildman–Crippen MR) is 73.5 cm³/mol. The lowest BCUT2D eigenvalue weighted by Gasteiger charge is -2.41. The van der Waals surface area contributed by atoms with Gasteiger partial charge in [-0.2, -0.15) is 0 Å². The summed E-state index contributed by atoms with van der Waals surface area (Å²) in [5.41, 5.74) is 1.98. The summed E-state index contributed by atoms with van der Waals surface area (Å²) in [5.74, 6) is 1.56. The van der Waals surface area contributed by atoms with Crippen LogP contribution in [-0.4, -0.2) is 11.9 Å². The molecule has 3 heteroatoms. The third kappa shape index (κ3) is 2.13. The molecule has 1 aromatic carbocycles. The molecule has 0 radical (unpaired) electrons. The number of benzene rings is 1. The number of carbonyl (C=O) groups is 1. The maximum absolute atomic E-state index is 10.9. The van der Waals surface area contributed by atoms with Crippen molar-refractivity contribution in [2.24, 2.45) is 11.8 Å². The Morgan fingerprint density at radius 1 is 1.22 bits per heavy atom. The highest BCUT2D eigenvalue weighted by Crippen LogP contribution is 2.44. The lowest BCUT2D eigenvalue weighted by Crippen LogP contribution is -2.43. The summed E-state index contributed by atoms with van der Waals surface area (Å²) < 4.78 is 0. The van der Waals surface area contributed by atoms with Crippen LogP contribution in [0.5, 0.6) is 0 Å². The molecular weight excluding hydrogens is 224 g/mol. The van der Waals surface area contributed by atoms with Crippen LogP contribution < -0.4 is 10.6 Å². The van der Waals surface area contributed by atoms with Crippen LogP contribution in [0.15, 0.2) is 36.4 Å². The van der Waals surface area contributed by atoms with Crippen LogP contribution in [0.25, 0.3) is 0 Å². The van der Waals surface area contributed by atoms with E-state index in [1.165, 1.54) is 19.8 Å². The molecule has 2 aliphatic rings. The van der Waals surface area contributed by atoms with Gasteiger partial charge in [-0.3, -0.25) is 4.79 Å².